The van der Waals surface area contributed by atoms with E-state index in [-0.39, 0.29) is 5.16 Å². The van der Waals surface area contributed by atoms with E-state index >= 15 is 0 Å². The van der Waals surface area contributed by atoms with Crippen molar-refractivity contribution >= 4 is 23.0 Å². The van der Waals surface area contributed by atoms with E-state index in [2.05, 4.69) is 0 Å². The van der Waals surface area contributed by atoms with Crippen molar-refractivity contribution in [3.63, 3.8) is 0 Å². The Labute approximate surface area is 84.3 Å². The standard InChI is InChI=1S/C10H14ClOP/c1-10(2,3)13(11,12)9-7-5-4-6-8-9/h4-8H,1-3H3/t13-/m0/s1. The summed E-state index contributed by atoms with van der Waals surface area (Å²) in [6.07, 6.45) is 0. The summed E-state index contributed by atoms with van der Waals surface area (Å²) >= 11 is 6.09. The van der Waals surface area contributed by atoms with Crippen molar-refractivity contribution in [3.8, 4) is 0 Å². The number of halogens is 1. The molecular formula is C10H14ClOP. The molecule has 0 unspecified atom stereocenters. The number of rotatable bonds is 1. The highest BCUT2D eigenvalue weighted by molar-refractivity contribution is 7.96. The summed E-state index contributed by atoms with van der Waals surface area (Å²) in [5.41, 5.74) is 0. The highest BCUT2D eigenvalue weighted by Crippen LogP contribution is 2.60. The lowest BCUT2D eigenvalue weighted by Gasteiger charge is -2.25. The fraction of sp³-hybridized carbons (Fsp3) is 0.400. The molecule has 0 spiro atoms. The molecule has 1 rings (SSSR count). The van der Waals surface area contributed by atoms with Gasteiger partial charge in [0.25, 0.3) is 0 Å². The van der Waals surface area contributed by atoms with Crippen molar-refractivity contribution < 1.29 is 4.57 Å². The first kappa shape index (κ1) is 10.8. The molecule has 0 aliphatic heterocycles. The van der Waals surface area contributed by atoms with Crippen LogP contribution in [0.1, 0.15) is 20.8 Å². The van der Waals surface area contributed by atoms with Gasteiger partial charge >= 0.3 is 0 Å². The summed E-state index contributed by atoms with van der Waals surface area (Å²) < 4.78 is 12.2. The largest absolute Gasteiger partial charge is 0.301 e. The molecule has 0 amide bonds. The number of benzene rings is 1. The monoisotopic (exact) mass is 216 g/mol. The smallest absolute Gasteiger partial charge is 0.202 e. The first-order valence-corrected chi connectivity index (χ1v) is 6.82. The zero-order chi connectivity index (χ0) is 10.1. The van der Waals surface area contributed by atoms with Gasteiger partial charge in [-0.25, -0.2) is 0 Å². The summed E-state index contributed by atoms with van der Waals surface area (Å²) in [5.74, 6) is 0. The minimum absolute atomic E-state index is 0.379. The second-order valence-electron chi connectivity index (χ2n) is 4.04. The molecule has 1 nitrogen and oxygen atoms in total. The van der Waals surface area contributed by atoms with Gasteiger partial charge in [-0.2, -0.15) is 0 Å². The van der Waals surface area contributed by atoms with Crippen LogP contribution in [0.5, 0.6) is 0 Å². The third-order valence-electron chi connectivity index (χ3n) is 1.95. The molecule has 0 aliphatic rings. The van der Waals surface area contributed by atoms with Gasteiger partial charge in [-0.15, -0.1) is 0 Å². The first-order chi connectivity index (χ1) is 5.86. The lowest BCUT2D eigenvalue weighted by molar-refractivity contribution is 0.567. The predicted octanol–water partition coefficient (Wildman–Crippen LogP) is 3.63. The molecule has 0 fully saturated rings. The van der Waals surface area contributed by atoms with Crippen LogP contribution in [-0.2, 0) is 4.57 Å². The third-order valence-corrected chi connectivity index (χ3v) is 6.75. The Kier molecular flexibility index (Phi) is 2.89. The summed E-state index contributed by atoms with van der Waals surface area (Å²) in [5, 5.41) is 0.361. The molecule has 72 valence electrons. The van der Waals surface area contributed by atoms with Crippen LogP contribution in [0.3, 0.4) is 0 Å². The van der Waals surface area contributed by atoms with Gasteiger partial charge in [0.2, 0.25) is 6.49 Å². The maximum atomic E-state index is 12.2. The molecule has 3 heteroatoms. The molecule has 1 aromatic rings. The van der Waals surface area contributed by atoms with E-state index in [1.807, 2.05) is 51.1 Å². The molecule has 0 saturated heterocycles. The van der Waals surface area contributed by atoms with E-state index in [1.54, 1.807) is 0 Å². The quantitative estimate of drug-likeness (QED) is 0.656. The minimum atomic E-state index is -2.76. The van der Waals surface area contributed by atoms with Gasteiger partial charge in [-0.3, -0.25) is 0 Å². The van der Waals surface area contributed by atoms with Crippen LogP contribution in [-0.4, -0.2) is 5.16 Å². The summed E-state index contributed by atoms with van der Waals surface area (Å²) in [6, 6.07) is 9.24. The molecule has 0 radical (unpaired) electrons. The van der Waals surface area contributed by atoms with Crippen LogP contribution in [0.2, 0.25) is 0 Å². The van der Waals surface area contributed by atoms with Gasteiger partial charge in [-0.1, -0.05) is 51.1 Å². The SMILES string of the molecule is CC(C)(C)[P@](=O)(Cl)c1ccccc1. The van der Waals surface area contributed by atoms with Gasteiger partial charge in [0.15, 0.2) is 0 Å². The molecular weight excluding hydrogens is 203 g/mol. The molecule has 1 atom stereocenters. The fourth-order valence-electron chi connectivity index (χ4n) is 1.01. The van der Waals surface area contributed by atoms with Gasteiger partial charge in [0, 0.05) is 10.5 Å². The molecule has 1 aromatic carbocycles. The Balaban J connectivity index is 3.17. The van der Waals surface area contributed by atoms with Gasteiger partial charge in [-0.05, 0) is 11.2 Å². The van der Waals surface area contributed by atoms with Crippen LogP contribution < -0.4 is 5.30 Å². The highest BCUT2D eigenvalue weighted by atomic mass is 35.7. The maximum absolute atomic E-state index is 12.2. The Morgan fingerprint density at radius 2 is 1.62 bits per heavy atom. The van der Waals surface area contributed by atoms with Gasteiger partial charge in [0.1, 0.15) is 0 Å². The molecule has 0 heterocycles. The van der Waals surface area contributed by atoms with Crippen molar-refractivity contribution in [2.24, 2.45) is 0 Å². The zero-order valence-corrected chi connectivity index (χ0v) is 9.77. The second kappa shape index (κ2) is 3.48. The number of hydrogen-bond donors (Lipinski definition) is 0. The number of hydrogen-bond acceptors (Lipinski definition) is 1. The van der Waals surface area contributed by atoms with Crippen LogP contribution in [0.4, 0.5) is 0 Å². The molecule has 0 bridgehead atoms. The van der Waals surface area contributed by atoms with Gasteiger partial charge < -0.3 is 4.57 Å². The van der Waals surface area contributed by atoms with E-state index in [1.165, 1.54) is 0 Å². The van der Waals surface area contributed by atoms with Crippen molar-refractivity contribution in [1.29, 1.82) is 0 Å². The average molecular weight is 217 g/mol. The zero-order valence-electron chi connectivity index (χ0n) is 8.12. The summed E-state index contributed by atoms with van der Waals surface area (Å²) in [4.78, 5) is 0. The van der Waals surface area contributed by atoms with Crippen molar-refractivity contribution in [3.05, 3.63) is 30.3 Å². The molecule has 0 saturated carbocycles. The third kappa shape index (κ3) is 2.15. The van der Waals surface area contributed by atoms with E-state index < -0.39 is 6.49 Å². The van der Waals surface area contributed by atoms with Crippen LogP contribution in [0, 0.1) is 0 Å². The van der Waals surface area contributed by atoms with Crippen molar-refractivity contribution in [1.82, 2.24) is 0 Å². The van der Waals surface area contributed by atoms with E-state index in [0.29, 0.717) is 0 Å². The van der Waals surface area contributed by atoms with E-state index in [9.17, 15) is 4.57 Å². The lowest BCUT2D eigenvalue weighted by Crippen LogP contribution is -2.19. The lowest BCUT2D eigenvalue weighted by atomic mass is 10.3. The Bertz CT molecular complexity index is 327. The topological polar surface area (TPSA) is 17.1 Å². The Morgan fingerprint density at radius 1 is 1.15 bits per heavy atom. The highest BCUT2D eigenvalue weighted by Gasteiger charge is 2.35. The van der Waals surface area contributed by atoms with Crippen LogP contribution in [0.15, 0.2) is 30.3 Å². The van der Waals surface area contributed by atoms with Crippen molar-refractivity contribution in [2.45, 2.75) is 25.9 Å². The summed E-state index contributed by atoms with van der Waals surface area (Å²) in [7, 11) is 0. The average Bonchev–Trinajstić information content (AvgIpc) is 2.04. The van der Waals surface area contributed by atoms with Crippen molar-refractivity contribution in [2.75, 3.05) is 0 Å². The Hall–Kier alpha value is -0.260. The van der Waals surface area contributed by atoms with Crippen LogP contribution in [0.25, 0.3) is 0 Å². The minimum Gasteiger partial charge on any atom is -0.301 e. The van der Waals surface area contributed by atoms with Gasteiger partial charge in [0.05, 0.1) is 0 Å². The summed E-state index contributed by atoms with van der Waals surface area (Å²) in [6.45, 7) is 2.93. The maximum Gasteiger partial charge on any atom is 0.202 e. The molecule has 0 N–H and O–H groups in total. The Morgan fingerprint density at radius 3 is 2.00 bits per heavy atom. The normalized spacial score (nSPS) is 16.6. The molecule has 0 aliphatic carbocycles. The second-order valence-corrected chi connectivity index (χ2v) is 8.39. The fourth-order valence-corrected chi connectivity index (χ4v) is 2.68. The van der Waals surface area contributed by atoms with Crippen LogP contribution >= 0.6 is 17.7 Å². The first-order valence-electron chi connectivity index (χ1n) is 4.21. The molecule has 13 heavy (non-hydrogen) atoms. The predicted molar refractivity (Wildman–Crippen MR) is 59.3 cm³/mol. The van der Waals surface area contributed by atoms with E-state index in [4.69, 9.17) is 11.2 Å². The molecule has 0 aromatic heterocycles. The van der Waals surface area contributed by atoms with E-state index in [0.717, 1.165) is 5.30 Å².